The smallest absolute Gasteiger partial charge is 0.276 e. The van der Waals surface area contributed by atoms with E-state index in [1.54, 1.807) is 22.6 Å². The first-order chi connectivity index (χ1) is 7.29. The minimum absolute atomic E-state index is 0.0592. The molecule has 0 radical (unpaired) electrons. The van der Waals surface area contributed by atoms with Gasteiger partial charge in [0, 0.05) is 3.57 Å². The summed E-state index contributed by atoms with van der Waals surface area (Å²) in [5, 5.41) is 7.34. The molecule has 0 atom stereocenters. The molecule has 1 rings (SSSR count). The zero-order valence-corrected chi connectivity index (χ0v) is 10.3. The maximum Gasteiger partial charge on any atom is 0.418 e. The van der Waals surface area contributed by atoms with Crippen LogP contribution in [0.1, 0.15) is 21.5 Å². The lowest BCUT2D eigenvalue weighted by molar-refractivity contribution is -0.138. The molecule has 0 bridgehead atoms. The van der Waals surface area contributed by atoms with Gasteiger partial charge in [-0.15, -0.1) is 0 Å². The van der Waals surface area contributed by atoms with E-state index in [0.717, 1.165) is 6.07 Å². The fourth-order valence-electron chi connectivity index (χ4n) is 1.16. The molecule has 0 saturated carbocycles. The molecule has 1 aromatic rings. The summed E-state index contributed by atoms with van der Waals surface area (Å²) in [6, 6.07) is 3.64. The highest BCUT2D eigenvalue weighted by atomic mass is 127. The van der Waals surface area contributed by atoms with Crippen LogP contribution in [0.4, 0.5) is 13.2 Å². The number of hydrogen-bond donors (Lipinski definition) is 0. The largest absolute Gasteiger partial charge is 0.418 e. The fraction of sp³-hybridized carbons (Fsp3) is 0.111. The van der Waals surface area contributed by atoms with E-state index in [9.17, 15) is 18.0 Å². The molecule has 0 aliphatic carbocycles. The van der Waals surface area contributed by atoms with Gasteiger partial charge in [0.15, 0.2) is 0 Å². The molecule has 0 heterocycles. The molecule has 0 aromatic heterocycles. The Morgan fingerprint density at radius 1 is 1.44 bits per heavy atom. The number of hydrogen-bond acceptors (Lipinski definition) is 2. The van der Waals surface area contributed by atoms with Crippen LogP contribution in [0.25, 0.3) is 0 Å². The molecule has 1 aromatic carbocycles. The van der Waals surface area contributed by atoms with E-state index in [-0.39, 0.29) is 3.57 Å². The minimum atomic E-state index is -4.79. The molecular formula is C9H2ClF3INO. The van der Waals surface area contributed by atoms with Gasteiger partial charge in [-0.05, 0) is 46.3 Å². The number of nitriles is 1. The Kier molecular flexibility index (Phi) is 3.80. The Hall–Kier alpha value is -0.810. The second-order valence-electron chi connectivity index (χ2n) is 2.73. The van der Waals surface area contributed by atoms with E-state index < -0.39 is 28.1 Å². The maximum atomic E-state index is 12.7. The average Bonchev–Trinajstić information content (AvgIpc) is 2.15. The van der Waals surface area contributed by atoms with Crippen molar-refractivity contribution in [2.75, 3.05) is 0 Å². The Labute approximate surface area is 107 Å². The van der Waals surface area contributed by atoms with E-state index in [4.69, 9.17) is 16.9 Å². The number of halogens is 5. The van der Waals surface area contributed by atoms with Crippen LogP contribution in [0.3, 0.4) is 0 Å². The number of benzene rings is 1. The van der Waals surface area contributed by atoms with Crippen LogP contribution >= 0.6 is 34.2 Å². The molecule has 0 saturated heterocycles. The predicted octanol–water partition coefficient (Wildman–Crippen LogP) is 3.56. The van der Waals surface area contributed by atoms with Crippen molar-refractivity contribution in [3.05, 3.63) is 32.4 Å². The van der Waals surface area contributed by atoms with Crippen LogP contribution in [0.15, 0.2) is 12.1 Å². The van der Waals surface area contributed by atoms with Gasteiger partial charge in [0.1, 0.15) is 0 Å². The number of rotatable bonds is 1. The van der Waals surface area contributed by atoms with E-state index in [0.29, 0.717) is 0 Å². The summed E-state index contributed by atoms with van der Waals surface area (Å²) in [6.07, 6.45) is -4.79. The second-order valence-corrected chi connectivity index (χ2v) is 4.23. The van der Waals surface area contributed by atoms with Crippen molar-refractivity contribution in [2.45, 2.75) is 6.18 Å². The summed E-state index contributed by atoms with van der Waals surface area (Å²) in [5.74, 6) is 0. The summed E-state index contributed by atoms with van der Waals surface area (Å²) >= 11 is 6.66. The molecule has 84 valence electrons. The Morgan fingerprint density at radius 3 is 2.38 bits per heavy atom. The van der Waals surface area contributed by atoms with Crippen LogP contribution in [0.5, 0.6) is 0 Å². The van der Waals surface area contributed by atoms with Crippen molar-refractivity contribution in [2.24, 2.45) is 0 Å². The van der Waals surface area contributed by atoms with Gasteiger partial charge in [0.05, 0.1) is 22.8 Å². The third-order valence-corrected chi connectivity index (χ3v) is 2.84. The molecule has 0 spiro atoms. The van der Waals surface area contributed by atoms with Crippen molar-refractivity contribution in [1.29, 1.82) is 5.26 Å². The first-order valence-electron chi connectivity index (χ1n) is 3.78. The van der Waals surface area contributed by atoms with E-state index >= 15 is 0 Å². The van der Waals surface area contributed by atoms with Crippen molar-refractivity contribution >= 4 is 39.4 Å². The highest BCUT2D eigenvalue weighted by Crippen LogP contribution is 2.37. The van der Waals surface area contributed by atoms with Crippen LogP contribution in [0, 0.1) is 14.9 Å². The zero-order valence-electron chi connectivity index (χ0n) is 7.40. The topological polar surface area (TPSA) is 40.9 Å². The van der Waals surface area contributed by atoms with Gasteiger partial charge in [0.25, 0.3) is 5.24 Å². The first kappa shape index (κ1) is 13.3. The van der Waals surface area contributed by atoms with Gasteiger partial charge in [0.2, 0.25) is 0 Å². The summed E-state index contributed by atoms with van der Waals surface area (Å²) in [5.41, 5.74) is -2.56. The van der Waals surface area contributed by atoms with E-state index in [1.165, 1.54) is 12.1 Å². The minimum Gasteiger partial charge on any atom is -0.276 e. The van der Waals surface area contributed by atoms with E-state index in [1.807, 2.05) is 0 Å². The SMILES string of the molecule is N#Cc1ccc(I)c(C(=O)Cl)c1C(F)(F)F. The van der Waals surface area contributed by atoms with Crippen LogP contribution in [-0.4, -0.2) is 5.24 Å². The molecule has 0 N–H and O–H groups in total. The standard InChI is InChI=1S/C9H2ClF3INO/c10-8(16)6-5(14)2-1-4(3-15)7(6)9(11,12)13/h1-2H. The van der Waals surface area contributed by atoms with Crippen LogP contribution < -0.4 is 0 Å². The van der Waals surface area contributed by atoms with Crippen LogP contribution in [0.2, 0.25) is 0 Å². The highest BCUT2D eigenvalue weighted by Gasteiger charge is 2.38. The predicted molar refractivity (Wildman–Crippen MR) is 59.1 cm³/mol. The Morgan fingerprint density at radius 2 is 2.00 bits per heavy atom. The monoisotopic (exact) mass is 359 g/mol. The molecule has 2 nitrogen and oxygen atoms in total. The summed E-state index contributed by atoms with van der Waals surface area (Å²) in [7, 11) is 0. The van der Waals surface area contributed by atoms with Crippen molar-refractivity contribution in [1.82, 2.24) is 0 Å². The highest BCUT2D eigenvalue weighted by molar-refractivity contribution is 14.1. The third-order valence-electron chi connectivity index (χ3n) is 1.75. The lowest BCUT2D eigenvalue weighted by Gasteiger charge is -2.13. The van der Waals surface area contributed by atoms with Gasteiger partial charge in [-0.2, -0.15) is 18.4 Å². The van der Waals surface area contributed by atoms with Crippen molar-refractivity contribution < 1.29 is 18.0 Å². The van der Waals surface area contributed by atoms with Gasteiger partial charge in [-0.25, -0.2) is 0 Å². The molecule has 7 heteroatoms. The van der Waals surface area contributed by atoms with Gasteiger partial charge in [-0.3, -0.25) is 4.79 Å². The van der Waals surface area contributed by atoms with Crippen molar-refractivity contribution in [3.63, 3.8) is 0 Å². The molecule has 16 heavy (non-hydrogen) atoms. The molecule has 0 aliphatic rings. The Balaban J connectivity index is 3.71. The van der Waals surface area contributed by atoms with Crippen LogP contribution in [-0.2, 0) is 6.18 Å². The molecular weight excluding hydrogens is 357 g/mol. The number of alkyl halides is 3. The average molecular weight is 359 g/mol. The maximum absolute atomic E-state index is 12.7. The fourth-order valence-corrected chi connectivity index (χ4v) is 2.21. The van der Waals surface area contributed by atoms with Gasteiger partial charge >= 0.3 is 6.18 Å². The van der Waals surface area contributed by atoms with Crippen molar-refractivity contribution in [3.8, 4) is 6.07 Å². The summed E-state index contributed by atoms with van der Waals surface area (Å²) in [4.78, 5) is 11.0. The summed E-state index contributed by atoms with van der Waals surface area (Å²) in [6.45, 7) is 0. The summed E-state index contributed by atoms with van der Waals surface area (Å²) < 4.78 is 38.1. The number of carbonyl (C=O) groups excluding carboxylic acids is 1. The number of nitrogens with zero attached hydrogens (tertiary/aromatic N) is 1. The Bertz CT molecular complexity index is 493. The normalized spacial score (nSPS) is 11.0. The zero-order chi connectivity index (χ0) is 12.5. The third kappa shape index (κ3) is 2.47. The van der Waals surface area contributed by atoms with Gasteiger partial charge < -0.3 is 0 Å². The second kappa shape index (κ2) is 4.59. The van der Waals surface area contributed by atoms with E-state index in [2.05, 4.69) is 0 Å². The lowest BCUT2D eigenvalue weighted by Crippen LogP contribution is -2.15. The molecule has 0 fully saturated rings. The lowest BCUT2D eigenvalue weighted by atomic mass is 10.0. The number of carbonyl (C=O) groups is 1. The molecule has 0 aliphatic heterocycles. The molecule has 0 amide bonds. The molecule has 0 unspecified atom stereocenters. The first-order valence-corrected chi connectivity index (χ1v) is 5.24. The quantitative estimate of drug-likeness (QED) is 0.568. The van der Waals surface area contributed by atoms with Gasteiger partial charge in [-0.1, -0.05) is 0 Å².